The Balaban J connectivity index is 1.50. The van der Waals surface area contributed by atoms with Gasteiger partial charge in [0, 0.05) is 11.6 Å². The average Bonchev–Trinajstić information content (AvgIpc) is 2.58. The highest BCUT2D eigenvalue weighted by atomic mass is 16.5. The normalized spacial score (nSPS) is 21.1. The Labute approximate surface area is 138 Å². The molecular formula is C18H27N3O2. The summed E-state index contributed by atoms with van der Waals surface area (Å²) >= 11 is 0. The maximum atomic E-state index is 12.3. The van der Waals surface area contributed by atoms with Crippen molar-refractivity contribution in [2.24, 2.45) is 0 Å². The second-order valence-corrected chi connectivity index (χ2v) is 6.64. The molecular weight excluding hydrogens is 290 g/mol. The van der Waals surface area contributed by atoms with Gasteiger partial charge in [-0.05, 0) is 83.2 Å². The fourth-order valence-electron chi connectivity index (χ4n) is 3.21. The summed E-state index contributed by atoms with van der Waals surface area (Å²) in [7, 11) is 2.12. The van der Waals surface area contributed by atoms with Gasteiger partial charge in [-0.3, -0.25) is 4.79 Å². The lowest BCUT2D eigenvalue weighted by Crippen LogP contribution is -2.43. The summed E-state index contributed by atoms with van der Waals surface area (Å²) < 4.78 is 5.97. The van der Waals surface area contributed by atoms with Crippen molar-refractivity contribution in [3.05, 3.63) is 29.8 Å². The number of piperidine rings is 2. The van der Waals surface area contributed by atoms with E-state index < -0.39 is 0 Å². The Morgan fingerprint density at radius 1 is 1.13 bits per heavy atom. The van der Waals surface area contributed by atoms with E-state index in [0.717, 1.165) is 57.6 Å². The first-order valence-electron chi connectivity index (χ1n) is 8.67. The number of ether oxygens (including phenoxy) is 1. The standard InChI is InChI=1S/C18H27N3O2/c1-21-12-8-15(9-13-21)20-18(22)14-2-4-16(5-3-14)23-17-6-10-19-11-7-17/h2-5,15,17,19H,6-13H2,1H3,(H,20,22). The molecule has 0 bridgehead atoms. The zero-order valence-electron chi connectivity index (χ0n) is 13.9. The lowest BCUT2D eigenvalue weighted by molar-refractivity contribution is 0.0917. The van der Waals surface area contributed by atoms with E-state index in [2.05, 4.69) is 22.6 Å². The molecule has 0 spiro atoms. The minimum atomic E-state index is 0.0213. The smallest absolute Gasteiger partial charge is 0.251 e. The molecule has 2 fully saturated rings. The molecule has 2 heterocycles. The number of hydrogen-bond acceptors (Lipinski definition) is 4. The van der Waals surface area contributed by atoms with Gasteiger partial charge in [0.15, 0.2) is 0 Å². The van der Waals surface area contributed by atoms with Crippen LogP contribution in [0.25, 0.3) is 0 Å². The van der Waals surface area contributed by atoms with Crippen LogP contribution in [0.4, 0.5) is 0 Å². The minimum Gasteiger partial charge on any atom is -0.490 e. The van der Waals surface area contributed by atoms with Crippen LogP contribution in [0.3, 0.4) is 0 Å². The topological polar surface area (TPSA) is 53.6 Å². The van der Waals surface area contributed by atoms with Crippen molar-refractivity contribution in [2.75, 3.05) is 33.2 Å². The van der Waals surface area contributed by atoms with Gasteiger partial charge in [-0.2, -0.15) is 0 Å². The van der Waals surface area contributed by atoms with E-state index >= 15 is 0 Å². The average molecular weight is 317 g/mol. The van der Waals surface area contributed by atoms with Crippen molar-refractivity contribution in [1.29, 1.82) is 0 Å². The summed E-state index contributed by atoms with van der Waals surface area (Å²) in [4.78, 5) is 14.6. The SMILES string of the molecule is CN1CCC(NC(=O)c2ccc(OC3CCNCC3)cc2)CC1. The minimum absolute atomic E-state index is 0.0213. The number of likely N-dealkylation sites (tertiary alicyclic amines) is 1. The van der Waals surface area contributed by atoms with Crippen LogP contribution in [0.15, 0.2) is 24.3 Å². The van der Waals surface area contributed by atoms with Gasteiger partial charge in [-0.25, -0.2) is 0 Å². The maximum Gasteiger partial charge on any atom is 0.251 e. The van der Waals surface area contributed by atoms with E-state index in [1.54, 1.807) is 0 Å². The fourth-order valence-corrected chi connectivity index (χ4v) is 3.21. The van der Waals surface area contributed by atoms with Crippen LogP contribution in [0.2, 0.25) is 0 Å². The summed E-state index contributed by atoms with van der Waals surface area (Å²) in [6.07, 6.45) is 4.42. The summed E-state index contributed by atoms with van der Waals surface area (Å²) in [6.45, 7) is 4.13. The molecule has 0 radical (unpaired) electrons. The van der Waals surface area contributed by atoms with Crippen LogP contribution in [0, 0.1) is 0 Å². The monoisotopic (exact) mass is 317 g/mol. The third kappa shape index (κ3) is 4.69. The number of hydrogen-bond donors (Lipinski definition) is 2. The predicted octanol–water partition coefficient (Wildman–Crippen LogP) is 1.64. The van der Waals surface area contributed by atoms with Crippen molar-refractivity contribution < 1.29 is 9.53 Å². The van der Waals surface area contributed by atoms with Crippen LogP contribution in [-0.4, -0.2) is 56.2 Å². The van der Waals surface area contributed by atoms with Crippen LogP contribution in [0.1, 0.15) is 36.0 Å². The van der Waals surface area contributed by atoms with Gasteiger partial charge in [0.1, 0.15) is 11.9 Å². The number of carbonyl (C=O) groups excluding carboxylic acids is 1. The molecule has 126 valence electrons. The summed E-state index contributed by atoms with van der Waals surface area (Å²) in [5.74, 6) is 0.876. The molecule has 1 aromatic carbocycles. The Morgan fingerprint density at radius 2 is 1.78 bits per heavy atom. The van der Waals surface area contributed by atoms with Gasteiger partial charge in [-0.15, -0.1) is 0 Å². The highest BCUT2D eigenvalue weighted by molar-refractivity contribution is 5.94. The molecule has 2 aliphatic heterocycles. The Morgan fingerprint density at radius 3 is 2.43 bits per heavy atom. The molecule has 0 atom stereocenters. The molecule has 0 unspecified atom stereocenters. The molecule has 5 nitrogen and oxygen atoms in total. The molecule has 3 rings (SSSR count). The molecule has 2 N–H and O–H groups in total. The van der Waals surface area contributed by atoms with E-state index in [1.807, 2.05) is 24.3 Å². The number of rotatable bonds is 4. The van der Waals surface area contributed by atoms with Crippen LogP contribution < -0.4 is 15.4 Å². The molecule has 23 heavy (non-hydrogen) atoms. The van der Waals surface area contributed by atoms with Crippen molar-refractivity contribution in [1.82, 2.24) is 15.5 Å². The van der Waals surface area contributed by atoms with Gasteiger partial charge >= 0.3 is 0 Å². The molecule has 2 saturated heterocycles. The van der Waals surface area contributed by atoms with E-state index in [1.165, 1.54) is 0 Å². The summed E-state index contributed by atoms with van der Waals surface area (Å²) in [5, 5.41) is 6.47. The van der Waals surface area contributed by atoms with Gasteiger partial charge < -0.3 is 20.3 Å². The number of amides is 1. The second-order valence-electron chi connectivity index (χ2n) is 6.64. The van der Waals surface area contributed by atoms with Crippen molar-refractivity contribution in [3.8, 4) is 5.75 Å². The number of benzene rings is 1. The molecule has 0 saturated carbocycles. The Bertz CT molecular complexity index is 504. The third-order valence-electron chi connectivity index (χ3n) is 4.76. The highest BCUT2D eigenvalue weighted by Crippen LogP contribution is 2.18. The molecule has 0 aliphatic carbocycles. The van der Waals surface area contributed by atoms with Gasteiger partial charge in [0.05, 0.1) is 0 Å². The third-order valence-corrected chi connectivity index (χ3v) is 4.76. The lowest BCUT2D eigenvalue weighted by Gasteiger charge is -2.29. The van der Waals surface area contributed by atoms with E-state index in [0.29, 0.717) is 11.6 Å². The summed E-state index contributed by atoms with van der Waals surface area (Å²) in [6, 6.07) is 7.84. The van der Waals surface area contributed by atoms with Crippen molar-refractivity contribution >= 4 is 5.91 Å². The van der Waals surface area contributed by atoms with Crippen LogP contribution in [-0.2, 0) is 0 Å². The molecule has 2 aliphatic rings. The number of carbonyl (C=O) groups is 1. The number of nitrogens with zero attached hydrogens (tertiary/aromatic N) is 1. The number of nitrogens with one attached hydrogen (secondary N) is 2. The molecule has 1 amide bonds. The lowest BCUT2D eigenvalue weighted by atomic mass is 10.0. The quantitative estimate of drug-likeness (QED) is 0.886. The first-order chi connectivity index (χ1) is 11.2. The van der Waals surface area contributed by atoms with E-state index in [4.69, 9.17) is 4.74 Å². The van der Waals surface area contributed by atoms with Gasteiger partial charge in [0.2, 0.25) is 0 Å². The van der Waals surface area contributed by atoms with Crippen molar-refractivity contribution in [2.45, 2.75) is 37.8 Å². The van der Waals surface area contributed by atoms with Crippen LogP contribution in [0.5, 0.6) is 5.75 Å². The second kappa shape index (κ2) is 7.79. The molecule has 1 aromatic rings. The maximum absolute atomic E-state index is 12.3. The zero-order valence-corrected chi connectivity index (χ0v) is 13.9. The Hall–Kier alpha value is -1.59. The highest BCUT2D eigenvalue weighted by Gasteiger charge is 2.19. The molecule has 5 heteroatoms. The molecule has 0 aromatic heterocycles. The predicted molar refractivity (Wildman–Crippen MR) is 90.9 cm³/mol. The summed E-state index contributed by atoms with van der Waals surface area (Å²) in [5.41, 5.74) is 0.710. The van der Waals surface area contributed by atoms with Crippen molar-refractivity contribution in [3.63, 3.8) is 0 Å². The van der Waals surface area contributed by atoms with Gasteiger partial charge in [-0.1, -0.05) is 0 Å². The first kappa shape index (κ1) is 16.3. The largest absolute Gasteiger partial charge is 0.490 e. The van der Waals surface area contributed by atoms with Gasteiger partial charge in [0.25, 0.3) is 5.91 Å². The van der Waals surface area contributed by atoms with E-state index in [-0.39, 0.29) is 12.0 Å². The van der Waals surface area contributed by atoms with E-state index in [9.17, 15) is 4.79 Å². The Kier molecular flexibility index (Phi) is 5.51. The first-order valence-corrected chi connectivity index (χ1v) is 8.67. The van der Waals surface area contributed by atoms with Crippen LogP contribution >= 0.6 is 0 Å². The fraction of sp³-hybridized carbons (Fsp3) is 0.611. The zero-order chi connectivity index (χ0) is 16.1.